The van der Waals surface area contributed by atoms with Crippen molar-refractivity contribution in [3.8, 4) is 0 Å². The Labute approximate surface area is 165 Å². The fourth-order valence-corrected chi connectivity index (χ4v) is 6.11. The Balaban J connectivity index is 1.46. The smallest absolute Gasteiger partial charge is 0.332 e. The van der Waals surface area contributed by atoms with E-state index in [1.807, 2.05) is 0 Å². The van der Waals surface area contributed by atoms with Gasteiger partial charge >= 0.3 is 6.03 Å². The second kappa shape index (κ2) is 7.39. The summed E-state index contributed by atoms with van der Waals surface area (Å²) in [5.41, 5.74) is 5.75. The molecule has 0 saturated carbocycles. The maximum atomic E-state index is 12.7. The summed E-state index contributed by atoms with van der Waals surface area (Å²) >= 11 is 0. The summed E-state index contributed by atoms with van der Waals surface area (Å²) in [6.45, 7) is 2.29. The number of carbonyl (C=O) groups excluding carboxylic acids is 2. The monoisotopic (exact) mass is 405 g/mol. The lowest BCUT2D eigenvalue weighted by Gasteiger charge is -2.30. The van der Waals surface area contributed by atoms with Gasteiger partial charge in [0.25, 0.3) is 0 Å². The number of piperidine rings is 1. The van der Waals surface area contributed by atoms with Crippen molar-refractivity contribution in [2.45, 2.75) is 63.5 Å². The van der Waals surface area contributed by atoms with Gasteiger partial charge in [-0.1, -0.05) is 6.07 Å². The third-order valence-corrected chi connectivity index (χ3v) is 8.09. The molecular weight excluding hydrogens is 378 g/mol. The molecule has 0 bridgehead atoms. The number of aryl methyl sites for hydroxylation is 2. The van der Waals surface area contributed by atoms with Gasteiger partial charge in [-0.3, -0.25) is 4.79 Å². The summed E-state index contributed by atoms with van der Waals surface area (Å²) in [5.74, 6) is -0.0478. The van der Waals surface area contributed by atoms with Gasteiger partial charge < -0.3 is 10.2 Å². The fraction of sp³-hybridized carbons (Fsp3) is 0.600. The van der Waals surface area contributed by atoms with Crippen LogP contribution in [-0.4, -0.2) is 43.6 Å². The van der Waals surface area contributed by atoms with E-state index >= 15 is 0 Å². The number of urea groups is 1. The van der Waals surface area contributed by atoms with Gasteiger partial charge in [0.2, 0.25) is 15.9 Å². The van der Waals surface area contributed by atoms with Crippen molar-refractivity contribution < 1.29 is 18.0 Å². The molecule has 3 aliphatic rings. The number of carbonyl (C=O) groups is 2. The van der Waals surface area contributed by atoms with Crippen molar-refractivity contribution in [3.63, 3.8) is 0 Å². The normalized spacial score (nSPS) is 19.2. The summed E-state index contributed by atoms with van der Waals surface area (Å²) in [6.07, 6.45) is 6.72. The average Bonchev–Trinajstić information content (AvgIpc) is 3.30. The van der Waals surface area contributed by atoms with Crippen LogP contribution in [0.4, 0.5) is 10.5 Å². The number of benzene rings is 1. The number of likely N-dealkylation sites (tertiary alicyclic amines) is 1. The molecule has 1 fully saturated rings. The summed E-state index contributed by atoms with van der Waals surface area (Å²) in [4.78, 5) is 25.6. The molecule has 0 unspecified atom stereocenters. The number of fused-ring (bicyclic) bond motifs is 2. The number of nitrogens with one attached hydrogen (secondary N) is 2. The van der Waals surface area contributed by atoms with E-state index in [9.17, 15) is 18.0 Å². The molecule has 3 amide bonds. The number of nitrogens with zero attached hydrogens (tertiary/aromatic N) is 1. The molecule has 0 spiro atoms. The lowest BCUT2D eigenvalue weighted by molar-refractivity contribution is -0.129. The minimum atomic E-state index is -3.78. The van der Waals surface area contributed by atoms with Crippen molar-refractivity contribution in [1.29, 1.82) is 0 Å². The highest BCUT2D eigenvalue weighted by atomic mass is 32.2. The molecule has 0 atom stereocenters. The zero-order chi connectivity index (χ0) is 19.9. The van der Waals surface area contributed by atoms with Crippen LogP contribution >= 0.6 is 0 Å². The quantitative estimate of drug-likeness (QED) is 0.805. The highest BCUT2D eigenvalue weighted by Crippen LogP contribution is 2.38. The number of amides is 3. The van der Waals surface area contributed by atoms with Crippen LogP contribution in [0.2, 0.25) is 0 Å². The number of sulfonamides is 1. The molecule has 1 saturated heterocycles. The first-order valence-corrected chi connectivity index (χ1v) is 11.6. The van der Waals surface area contributed by atoms with Crippen LogP contribution in [0.3, 0.4) is 0 Å². The van der Waals surface area contributed by atoms with E-state index < -0.39 is 21.3 Å². The first-order valence-electron chi connectivity index (χ1n) is 10.1. The van der Waals surface area contributed by atoms with Gasteiger partial charge in [-0.25, -0.2) is 17.9 Å². The van der Waals surface area contributed by atoms with Crippen LogP contribution in [0.25, 0.3) is 0 Å². The summed E-state index contributed by atoms with van der Waals surface area (Å²) in [6, 6.07) is 1.59. The number of anilines is 1. The van der Waals surface area contributed by atoms with E-state index in [0.29, 0.717) is 25.9 Å². The molecule has 0 aromatic heterocycles. The van der Waals surface area contributed by atoms with Gasteiger partial charge in [-0.15, -0.1) is 0 Å². The summed E-state index contributed by atoms with van der Waals surface area (Å²) in [5, 5.41) is 2.22. The maximum absolute atomic E-state index is 12.7. The highest BCUT2D eigenvalue weighted by molar-refractivity contribution is 7.90. The third-order valence-electron chi connectivity index (χ3n) is 6.27. The zero-order valence-corrected chi connectivity index (χ0v) is 17.0. The average molecular weight is 406 g/mol. The van der Waals surface area contributed by atoms with E-state index in [1.165, 1.54) is 29.2 Å². The standard InChI is InChI=1S/C20H27N3O4S/c1-13(24)23-10-8-16(9-11-23)28(26,27)22-20(25)21-19-17-6-2-4-14(17)12-15-5-3-7-18(15)19/h12,16H,2-11H2,1H3,(H2,21,22,25). The van der Waals surface area contributed by atoms with Crippen molar-refractivity contribution in [2.24, 2.45) is 0 Å². The van der Waals surface area contributed by atoms with Gasteiger partial charge in [-0.2, -0.15) is 0 Å². The Bertz CT molecular complexity index is 886. The Hall–Kier alpha value is -2.09. The van der Waals surface area contributed by atoms with Crippen LogP contribution in [0.1, 0.15) is 54.9 Å². The van der Waals surface area contributed by atoms with Crippen LogP contribution in [-0.2, 0) is 40.5 Å². The molecule has 4 rings (SSSR count). The maximum Gasteiger partial charge on any atom is 0.332 e. The van der Waals surface area contributed by atoms with E-state index in [-0.39, 0.29) is 5.91 Å². The van der Waals surface area contributed by atoms with Gasteiger partial charge in [0.05, 0.1) is 5.25 Å². The largest absolute Gasteiger partial charge is 0.343 e. The van der Waals surface area contributed by atoms with Gasteiger partial charge in [0, 0.05) is 25.7 Å². The summed E-state index contributed by atoms with van der Waals surface area (Å²) in [7, 11) is -3.78. The predicted octanol–water partition coefficient (Wildman–Crippen LogP) is 2.13. The molecule has 28 heavy (non-hydrogen) atoms. The first-order chi connectivity index (χ1) is 13.3. The molecule has 1 aromatic carbocycles. The number of rotatable bonds is 3. The van der Waals surface area contributed by atoms with Gasteiger partial charge in [0.15, 0.2) is 0 Å². The SMILES string of the molecule is CC(=O)N1CCC(S(=O)(=O)NC(=O)Nc2c3c(cc4c2CCC4)CCC3)CC1. The molecule has 2 N–H and O–H groups in total. The Morgan fingerprint density at radius 3 is 2.11 bits per heavy atom. The zero-order valence-electron chi connectivity index (χ0n) is 16.2. The van der Waals surface area contributed by atoms with Crippen LogP contribution in [0.5, 0.6) is 0 Å². The highest BCUT2D eigenvalue weighted by Gasteiger charge is 2.33. The van der Waals surface area contributed by atoms with Crippen molar-refractivity contribution >= 4 is 27.6 Å². The lowest BCUT2D eigenvalue weighted by Crippen LogP contribution is -2.47. The van der Waals surface area contributed by atoms with Crippen LogP contribution in [0, 0.1) is 0 Å². The molecule has 1 heterocycles. The van der Waals surface area contributed by atoms with Gasteiger partial charge in [0.1, 0.15) is 0 Å². The second-order valence-electron chi connectivity index (χ2n) is 8.04. The molecule has 7 nitrogen and oxygen atoms in total. The molecule has 0 radical (unpaired) electrons. The number of hydrogen-bond donors (Lipinski definition) is 2. The lowest BCUT2D eigenvalue weighted by atomic mass is 9.99. The first kappa shape index (κ1) is 19.2. The molecule has 1 aliphatic heterocycles. The van der Waals surface area contributed by atoms with Crippen LogP contribution in [0.15, 0.2) is 6.07 Å². The summed E-state index contributed by atoms with van der Waals surface area (Å²) < 4.78 is 27.5. The van der Waals surface area contributed by atoms with Crippen molar-refractivity contribution in [1.82, 2.24) is 9.62 Å². The number of hydrogen-bond acceptors (Lipinski definition) is 4. The Kier molecular flexibility index (Phi) is 5.07. The molecule has 8 heteroatoms. The van der Waals surface area contributed by atoms with Gasteiger partial charge in [-0.05, 0) is 73.6 Å². The minimum Gasteiger partial charge on any atom is -0.343 e. The van der Waals surface area contributed by atoms with Crippen LogP contribution < -0.4 is 10.0 Å². The van der Waals surface area contributed by atoms with Crippen molar-refractivity contribution in [3.05, 3.63) is 28.3 Å². The second-order valence-corrected chi connectivity index (χ2v) is 10.0. The fourth-order valence-electron chi connectivity index (χ4n) is 4.80. The van der Waals surface area contributed by atoms with Crippen molar-refractivity contribution in [2.75, 3.05) is 18.4 Å². The predicted molar refractivity (Wildman–Crippen MR) is 107 cm³/mol. The Morgan fingerprint density at radius 2 is 1.57 bits per heavy atom. The molecule has 2 aliphatic carbocycles. The van der Waals surface area contributed by atoms with E-state index in [0.717, 1.165) is 44.2 Å². The molecular formula is C20H27N3O4S. The minimum absolute atomic E-state index is 0.0478. The third kappa shape index (κ3) is 3.62. The topological polar surface area (TPSA) is 95.6 Å². The van der Waals surface area contributed by atoms with E-state index in [4.69, 9.17) is 0 Å². The molecule has 1 aromatic rings. The molecule has 152 valence electrons. The Morgan fingerprint density at radius 1 is 1.00 bits per heavy atom. The van der Waals surface area contributed by atoms with E-state index in [1.54, 1.807) is 4.90 Å². The van der Waals surface area contributed by atoms with E-state index in [2.05, 4.69) is 16.1 Å².